The molecular weight excluding hydrogens is 172 g/mol. The first kappa shape index (κ1) is 9.25. The first-order valence-corrected chi connectivity index (χ1v) is 4.76. The van der Waals surface area contributed by atoms with Gasteiger partial charge in [-0.15, -0.1) is 0 Å². The van der Waals surface area contributed by atoms with Crippen molar-refractivity contribution in [1.82, 2.24) is 9.36 Å². The number of anilines is 2. The fourth-order valence-electron chi connectivity index (χ4n) is 0.701. The maximum absolute atomic E-state index is 4.27. The van der Waals surface area contributed by atoms with Crippen LogP contribution in [-0.4, -0.2) is 30.0 Å². The smallest absolute Gasteiger partial charge is 0.238 e. The topological polar surface area (TPSA) is 41.1 Å². The largest absolute Gasteiger partial charge is 0.360 e. The molecular formula is C7H14N4S. The number of nitrogens with one attached hydrogen (secondary N) is 1. The van der Waals surface area contributed by atoms with Crippen molar-refractivity contribution in [2.45, 2.75) is 13.3 Å². The third kappa shape index (κ3) is 2.34. The number of hydrogen-bond acceptors (Lipinski definition) is 5. The Labute approximate surface area is 76.8 Å². The van der Waals surface area contributed by atoms with Crippen molar-refractivity contribution in [2.75, 3.05) is 30.9 Å². The van der Waals surface area contributed by atoms with E-state index in [-0.39, 0.29) is 0 Å². The second kappa shape index (κ2) is 4.25. The van der Waals surface area contributed by atoms with E-state index in [1.165, 1.54) is 11.5 Å². The van der Waals surface area contributed by atoms with Crippen LogP contribution in [0.25, 0.3) is 0 Å². The summed E-state index contributed by atoms with van der Waals surface area (Å²) < 4.78 is 4.16. The monoisotopic (exact) mass is 186 g/mol. The Hall–Kier alpha value is -0.840. The number of nitrogens with zero attached hydrogens (tertiary/aromatic N) is 3. The van der Waals surface area contributed by atoms with Crippen LogP contribution < -0.4 is 10.2 Å². The third-order valence-corrected chi connectivity index (χ3v) is 2.00. The fraction of sp³-hybridized carbons (Fsp3) is 0.714. The van der Waals surface area contributed by atoms with Crippen LogP contribution in [0.15, 0.2) is 0 Å². The molecule has 68 valence electrons. The summed E-state index contributed by atoms with van der Waals surface area (Å²) in [4.78, 5) is 6.17. The highest BCUT2D eigenvalue weighted by molar-refractivity contribution is 7.09. The fourth-order valence-corrected chi connectivity index (χ4v) is 1.36. The van der Waals surface area contributed by atoms with E-state index in [2.05, 4.69) is 21.6 Å². The maximum Gasteiger partial charge on any atom is 0.238 e. The Morgan fingerprint density at radius 1 is 1.50 bits per heavy atom. The van der Waals surface area contributed by atoms with E-state index in [0.29, 0.717) is 0 Å². The van der Waals surface area contributed by atoms with E-state index in [1.54, 1.807) is 0 Å². The zero-order valence-corrected chi connectivity index (χ0v) is 8.48. The average molecular weight is 186 g/mol. The first-order chi connectivity index (χ1) is 5.74. The molecule has 4 nitrogen and oxygen atoms in total. The minimum absolute atomic E-state index is 0.776. The maximum atomic E-state index is 4.27. The molecule has 1 aromatic rings. The Morgan fingerprint density at radius 2 is 2.25 bits per heavy atom. The third-order valence-electron chi connectivity index (χ3n) is 1.34. The zero-order valence-electron chi connectivity index (χ0n) is 7.66. The summed E-state index contributed by atoms with van der Waals surface area (Å²) >= 11 is 1.40. The summed E-state index contributed by atoms with van der Waals surface area (Å²) in [6.07, 6.45) is 1.11. The first-order valence-electron chi connectivity index (χ1n) is 3.99. The summed E-state index contributed by atoms with van der Waals surface area (Å²) in [5.41, 5.74) is 0. The van der Waals surface area contributed by atoms with Crippen molar-refractivity contribution in [3.05, 3.63) is 0 Å². The molecule has 1 aromatic heterocycles. The molecule has 1 rings (SSSR count). The van der Waals surface area contributed by atoms with Crippen LogP contribution in [-0.2, 0) is 0 Å². The summed E-state index contributed by atoms with van der Waals surface area (Å²) in [5, 5.41) is 4.09. The van der Waals surface area contributed by atoms with Gasteiger partial charge in [0, 0.05) is 32.2 Å². The summed E-state index contributed by atoms with van der Waals surface area (Å²) in [6, 6.07) is 0. The van der Waals surface area contributed by atoms with Crippen LogP contribution in [0.4, 0.5) is 11.1 Å². The van der Waals surface area contributed by atoms with Gasteiger partial charge in [0.05, 0.1) is 0 Å². The molecule has 0 radical (unpaired) electrons. The van der Waals surface area contributed by atoms with E-state index < -0.39 is 0 Å². The van der Waals surface area contributed by atoms with Gasteiger partial charge in [-0.1, -0.05) is 6.92 Å². The van der Waals surface area contributed by atoms with Gasteiger partial charge in [0.15, 0.2) is 0 Å². The number of rotatable bonds is 4. The van der Waals surface area contributed by atoms with Crippen LogP contribution in [0.2, 0.25) is 0 Å². The molecule has 5 heteroatoms. The lowest BCUT2D eigenvalue weighted by Crippen LogP contribution is -2.10. The Balaban J connectivity index is 2.52. The highest BCUT2D eigenvalue weighted by Gasteiger charge is 2.03. The number of aromatic nitrogens is 2. The lowest BCUT2D eigenvalue weighted by Gasteiger charge is -2.04. The SMILES string of the molecule is CCCNc1nc(N(C)C)ns1. The molecule has 0 spiro atoms. The highest BCUT2D eigenvalue weighted by Crippen LogP contribution is 2.15. The van der Waals surface area contributed by atoms with Crippen LogP contribution in [0, 0.1) is 0 Å². The molecule has 0 saturated carbocycles. The van der Waals surface area contributed by atoms with Crippen LogP contribution in [0.3, 0.4) is 0 Å². The zero-order chi connectivity index (χ0) is 8.97. The van der Waals surface area contributed by atoms with E-state index >= 15 is 0 Å². The van der Waals surface area contributed by atoms with Crippen LogP contribution in [0.1, 0.15) is 13.3 Å². The van der Waals surface area contributed by atoms with Gasteiger partial charge >= 0.3 is 0 Å². The highest BCUT2D eigenvalue weighted by atomic mass is 32.1. The molecule has 0 fully saturated rings. The van der Waals surface area contributed by atoms with Gasteiger partial charge in [0.2, 0.25) is 11.1 Å². The normalized spacial score (nSPS) is 9.92. The van der Waals surface area contributed by atoms with Gasteiger partial charge in [-0.3, -0.25) is 0 Å². The molecule has 0 unspecified atom stereocenters. The Bertz CT molecular complexity index is 233. The predicted octanol–water partition coefficient (Wildman–Crippen LogP) is 1.43. The Kier molecular flexibility index (Phi) is 3.28. The van der Waals surface area contributed by atoms with Crippen molar-refractivity contribution in [1.29, 1.82) is 0 Å². The molecule has 1 heterocycles. The molecule has 0 aliphatic heterocycles. The van der Waals surface area contributed by atoms with Crippen molar-refractivity contribution in [3.63, 3.8) is 0 Å². The van der Waals surface area contributed by atoms with Crippen molar-refractivity contribution in [2.24, 2.45) is 0 Å². The van der Waals surface area contributed by atoms with Gasteiger partial charge in [0.1, 0.15) is 0 Å². The quantitative estimate of drug-likeness (QED) is 0.772. The van der Waals surface area contributed by atoms with Gasteiger partial charge in [0.25, 0.3) is 0 Å². The standard InChI is InChI=1S/C7H14N4S/c1-4-5-8-7-9-6(10-12-7)11(2)3/h4-5H2,1-3H3,(H,8,9,10). The second-order valence-electron chi connectivity index (χ2n) is 2.72. The lowest BCUT2D eigenvalue weighted by molar-refractivity contribution is 0.971. The molecule has 12 heavy (non-hydrogen) atoms. The molecule has 0 saturated heterocycles. The molecule has 0 bridgehead atoms. The Morgan fingerprint density at radius 3 is 2.75 bits per heavy atom. The average Bonchev–Trinajstić information content (AvgIpc) is 2.48. The van der Waals surface area contributed by atoms with Gasteiger partial charge in [-0.2, -0.15) is 9.36 Å². The van der Waals surface area contributed by atoms with Crippen LogP contribution in [0.5, 0.6) is 0 Å². The van der Waals surface area contributed by atoms with E-state index in [9.17, 15) is 0 Å². The van der Waals surface area contributed by atoms with E-state index in [4.69, 9.17) is 0 Å². The van der Waals surface area contributed by atoms with Gasteiger partial charge in [-0.25, -0.2) is 0 Å². The van der Waals surface area contributed by atoms with Gasteiger partial charge < -0.3 is 10.2 Å². The number of hydrogen-bond donors (Lipinski definition) is 1. The summed E-state index contributed by atoms with van der Waals surface area (Å²) in [6.45, 7) is 3.09. The molecule has 0 aliphatic rings. The van der Waals surface area contributed by atoms with Crippen molar-refractivity contribution in [3.8, 4) is 0 Å². The van der Waals surface area contributed by atoms with Crippen molar-refractivity contribution >= 4 is 22.6 Å². The summed E-state index contributed by atoms with van der Waals surface area (Å²) in [7, 11) is 3.87. The molecule has 0 amide bonds. The molecule has 0 atom stereocenters. The molecule has 0 aliphatic carbocycles. The molecule has 1 N–H and O–H groups in total. The lowest BCUT2D eigenvalue weighted by atomic mass is 10.5. The second-order valence-corrected chi connectivity index (χ2v) is 3.47. The predicted molar refractivity (Wildman–Crippen MR) is 53.0 cm³/mol. The van der Waals surface area contributed by atoms with E-state index in [0.717, 1.165) is 24.0 Å². The van der Waals surface area contributed by atoms with Gasteiger partial charge in [-0.05, 0) is 6.42 Å². The van der Waals surface area contributed by atoms with E-state index in [1.807, 2.05) is 19.0 Å². The minimum Gasteiger partial charge on any atom is -0.360 e. The minimum atomic E-state index is 0.776. The van der Waals surface area contributed by atoms with Crippen LogP contribution >= 0.6 is 11.5 Å². The summed E-state index contributed by atoms with van der Waals surface area (Å²) in [5.74, 6) is 0.776. The molecule has 0 aromatic carbocycles. The van der Waals surface area contributed by atoms with Crippen molar-refractivity contribution < 1.29 is 0 Å².